The molecule has 0 radical (unpaired) electrons. The average Bonchev–Trinajstić information content (AvgIpc) is 2.68. The van der Waals surface area contributed by atoms with E-state index in [1.807, 2.05) is 61.5 Å². The number of hydrogen-bond donors (Lipinski definition) is 1. The van der Waals surface area contributed by atoms with E-state index >= 15 is 0 Å². The van der Waals surface area contributed by atoms with E-state index in [1.54, 1.807) is 24.3 Å². The second kappa shape index (κ2) is 8.00. The molecule has 1 N–H and O–H groups in total. The van der Waals surface area contributed by atoms with Crippen molar-refractivity contribution in [2.45, 2.75) is 13.0 Å². The molecular weight excluding hydrogens is 324 g/mol. The second-order valence-electron chi connectivity index (χ2n) is 5.90. The van der Waals surface area contributed by atoms with Crippen LogP contribution in [0.4, 0.5) is 5.69 Å². The number of nitriles is 1. The SMILES string of the molecule is Cc1ccc(NC(=O)[C@@H](Oc2cccc(C#N)c2)c2ccccc2)cc1. The second-order valence-corrected chi connectivity index (χ2v) is 5.90. The molecule has 3 aromatic rings. The third-order valence-corrected chi connectivity index (χ3v) is 3.88. The third kappa shape index (κ3) is 4.28. The molecule has 0 bridgehead atoms. The lowest BCUT2D eigenvalue weighted by molar-refractivity contribution is -0.123. The van der Waals surface area contributed by atoms with E-state index in [1.165, 1.54) is 0 Å². The van der Waals surface area contributed by atoms with Gasteiger partial charge in [-0.3, -0.25) is 4.79 Å². The summed E-state index contributed by atoms with van der Waals surface area (Å²) >= 11 is 0. The van der Waals surface area contributed by atoms with Crippen LogP contribution < -0.4 is 10.1 Å². The summed E-state index contributed by atoms with van der Waals surface area (Å²) in [6.45, 7) is 1.99. The van der Waals surface area contributed by atoms with Crippen LogP contribution in [0.3, 0.4) is 0 Å². The average molecular weight is 342 g/mol. The molecule has 3 rings (SSSR count). The minimum Gasteiger partial charge on any atom is -0.476 e. The predicted molar refractivity (Wildman–Crippen MR) is 101 cm³/mol. The Morgan fingerprint density at radius 1 is 1.00 bits per heavy atom. The molecule has 4 heteroatoms. The van der Waals surface area contributed by atoms with Crippen LogP contribution in [0.25, 0.3) is 0 Å². The number of anilines is 1. The van der Waals surface area contributed by atoms with E-state index in [4.69, 9.17) is 10.00 Å². The summed E-state index contributed by atoms with van der Waals surface area (Å²) < 4.78 is 5.94. The van der Waals surface area contributed by atoms with Crippen LogP contribution in [0, 0.1) is 18.3 Å². The summed E-state index contributed by atoms with van der Waals surface area (Å²) in [5.41, 5.74) is 3.04. The number of hydrogen-bond acceptors (Lipinski definition) is 3. The zero-order chi connectivity index (χ0) is 18.4. The fourth-order valence-corrected chi connectivity index (χ4v) is 2.52. The first-order valence-corrected chi connectivity index (χ1v) is 8.25. The summed E-state index contributed by atoms with van der Waals surface area (Å²) in [6, 6.07) is 25.7. The van der Waals surface area contributed by atoms with Gasteiger partial charge in [0.05, 0.1) is 11.6 Å². The molecule has 0 spiro atoms. The number of amides is 1. The van der Waals surface area contributed by atoms with Crippen LogP contribution in [0.5, 0.6) is 5.75 Å². The predicted octanol–water partition coefficient (Wildman–Crippen LogP) is 4.63. The molecule has 128 valence electrons. The lowest BCUT2D eigenvalue weighted by atomic mass is 10.1. The molecule has 26 heavy (non-hydrogen) atoms. The Morgan fingerprint density at radius 2 is 1.73 bits per heavy atom. The van der Waals surface area contributed by atoms with Crippen LogP contribution in [-0.2, 0) is 4.79 Å². The lowest BCUT2D eigenvalue weighted by Gasteiger charge is -2.19. The molecule has 0 aliphatic heterocycles. The summed E-state index contributed by atoms with van der Waals surface area (Å²) in [4.78, 5) is 12.9. The van der Waals surface area contributed by atoms with Gasteiger partial charge >= 0.3 is 0 Å². The van der Waals surface area contributed by atoms with Crippen molar-refractivity contribution in [1.29, 1.82) is 5.26 Å². The van der Waals surface area contributed by atoms with Crippen LogP contribution in [-0.4, -0.2) is 5.91 Å². The molecule has 0 fully saturated rings. The number of carbonyl (C=O) groups is 1. The fourth-order valence-electron chi connectivity index (χ4n) is 2.52. The van der Waals surface area contributed by atoms with Crippen molar-refractivity contribution in [2.75, 3.05) is 5.32 Å². The third-order valence-electron chi connectivity index (χ3n) is 3.88. The zero-order valence-corrected chi connectivity index (χ0v) is 14.3. The Hall–Kier alpha value is -3.58. The van der Waals surface area contributed by atoms with E-state index in [2.05, 4.69) is 11.4 Å². The van der Waals surface area contributed by atoms with Crippen LogP contribution >= 0.6 is 0 Å². The summed E-state index contributed by atoms with van der Waals surface area (Å²) in [6.07, 6.45) is -0.827. The maximum absolute atomic E-state index is 12.9. The molecular formula is C22H18N2O2. The molecule has 0 unspecified atom stereocenters. The van der Waals surface area contributed by atoms with Crippen LogP contribution in [0.2, 0.25) is 0 Å². The van der Waals surface area contributed by atoms with Crippen molar-refractivity contribution < 1.29 is 9.53 Å². The first-order valence-electron chi connectivity index (χ1n) is 8.25. The summed E-state index contributed by atoms with van der Waals surface area (Å²) in [5.74, 6) is 0.194. The van der Waals surface area contributed by atoms with E-state index in [0.717, 1.165) is 11.1 Å². The molecule has 0 aliphatic carbocycles. The van der Waals surface area contributed by atoms with E-state index in [-0.39, 0.29) is 5.91 Å². The number of rotatable bonds is 5. The zero-order valence-electron chi connectivity index (χ0n) is 14.3. The number of carbonyl (C=O) groups excluding carboxylic acids is 1. The van der Waals surface area contributed by atoms with Gasteiger partial charge in [0.15, 0.2) is 0 Å². The molecule has 1 amide bonds. The van der Waals surface area contributed by atoms with Gasteiger partial charge in [-0.1, -0.05) is 54.1 Å². The first kappa shape index (κ1) is 17.2. The highest BCUT2D eigenvalue weighted by Gasteiger charge is 2.23. The smallest absolute Gasteiger partial charge is 0.270 e. The first-order chi connectivity index (χ1) is 12.7. The van der Waals surface area contributed by atoms with Gasteiger partial charge in [0.2, 0.25) is 6.10 Å². The van der Waals surface area contributed by atoms with E-state index in [0.29, 0.717) is 17.0 Å². The number of ether oxygens (including phenoxy) is 1. The van der Waals surface area contributed by atoms with Gasteiger partial charge in [0.1, 0.15) is 5.75 Å². The molecule has 3 aromatic carbocycles. The minimum atomic E-state index is -0.827. The van der Waals surface area contributed by atoms with Gasteiger partial charge in [0, 0.05) is 11.3 Å². The largest absolute Gasteiger partial charge is 0.476 e. The van der Waals surface area contributed by atoms with Gasteiger partial charge in [0.25, 0.3) is 5.91 Å². The topological polar surface area (TPSA) is 62.1 Å². The monoisotopic (exact) mass is 342 g/mol. The number of benzene rings is 3. The Morgan fingerprint density at radius 3 is 2.42 bits per heavy atom. The Kier molecular flexibility index (Phi) is 5.31. The minimum absolute atomic E-state index is 0.276. The Bertz CT molecular complexity index is 928. The van der Waals surface area contributed by atoms with Gasteiger partial charge in [-0.2, -0.15) is 5.26 Å². The lowest BCUT2D eigenvalue weighted by Crippen LogP contribution is -2.25. The molecule has 0 aromatic heterocycles. The molecule has 0 heterocycles. The van der Waals surface area contributed by atoms with Gasteiger partial charge in [-0.25, -0.2) is 0 Å². The number of nitrogens with zero attached hydrogens (tertiary/aromatic N) is 1. The Balaban J connectivity index is 1.86. The summed E-state index contributed by atoms with van der Waals surface area (Å²) in [7, 11) is 0. The normalized spacial score (nSPS) is 11.2. The highest BCUT2D eigenvalue weighted by atomic mass is 16.5. The van der Waals surface area contributed by atoms with Crippen LogP contribution in [0.1, 0.15) is 22.8 Å². The van der Waals surface area contributed by atoms with Crippen molar-refractivity contribution >= 4 is 11.6 Å². The highest BCUT2D eigenvalue weighted by Crippen LogP contribution is 2.24. The van der Waals surface area contributed by atoms with Crippen molar-refractivity contribution in [2.24, 2.45) is 0 Å². The maximum Gasteiger partial charge on any atom is 0.270 e. The van der Waals surface area contributed by atoms with Crippen molar-refractivity contribution in [3.05, 3.63) is 95.6 Å². The molecule has 0 saturated carbocycles. The van der Waals surface area contributed by atoms with Crippen molar-refractivity contribution in [3.8, 4) is 11.8 Å². The quantitative estimate of drug-likeness (QED) is 0.735. The standard InChI is InChI=1S/C22H18N2O2/c1-16-10-12-19(13-11-16)24-22(25)21(18-7-3-2-4-8-18)26-20-9-5-6-17(14-20)15-23/h2-14,21H,1H3,(H,24,25)/t21-/m0/s1. The fraction of sp³-hybridized carbons (Fsp3) is 0.0909. The van der Waals surface area contributed by atoms with Gasteiger partial charge < -0.3 is 10.1 Å². The molecule has 4 nitrogen and oxygen atoms in total. The molecule has 0 aliphatic rings. The van der Waals surface area contributed by atoms with Crippen molar-refractivity contribution in [3.63, 3.8) is 0 Å². The number of aryl methyl sites for hydroxylation is 1. The summed E-state index contributed by atoms with van der Waals surface area (Å²) in [5, 5.41) is 11.9. The Labute approximate surface area is 152 Å². The number of nitrogens with one attached hydrogen (secondary N) is 1. The van der Waals surface area contributed by atoms with Crippen molar-refractivity contribution in [1.82, 2.24) is 0 Å². The van der Waals surface area contributed by atoms with E-state index < -0.39 is 6.10 Å². The van der Waals surface area contributed by atoms with E-state index in [9.17, 15) is 4.79 Å². The highest BCUT2D eigenvalue weighted by molar-refractivity contribution is 5.95. The maximum atomic E-state index is 12.9. The molecule has 1 atom stereocenters. The van der Waals surface area contributed by atoms with Gasteiger partial charge in [-0.05, 0) is 37.3 Å². The van der Waals surface area contributed by atoms with Gasteiger partial charge in [-0.15, -0.1) is 0 Å². The van der Waals surface area contributed by atoms with Crippen LogP contribution in [0.15, 0.2) is 78.9 Å². The molecule has 0 saturated heterocycles.